The van der Waals surface area contributed by atoms with Crippen LogP contribution in [0.15, 0.2) is 23.5 Å². The van der Waals surface area contributed by atoms with Gasteiger partial charge in [0, 0.05) is 0 Å². The summed E-state index contributed by atoms with van der Waals surface area (Å²) in [5.41, 5.74) is 1.28. The number of hydrogen-bond donors (Lipinski definition) is 0. The Kier molecular flexibility index (Phi) is 2.75. The van der Waals surface area contributed by atoms with Crippen molar-refractivity contribution in [3.63, 3.8) is 0 Å². The first-order valence-electron chi connectivity index (χ1n) is 4.24. The maximum absolute atomic E-state index is 5.60. The molecule has 0 amide bonds. The highest BCUT2D eigenvalue weighted by molar-refractivity contribution is 5.26. The van der Waals surface area contributed by atoms with Crippen molar-refractivity contribution in [2.75, 3.05) is 0 Å². The smallest absolute Gasteiger partial charge is 0.118 e. The van der Waals surface area contributed by atoms with E-state index < -0.39 is 0 Å². The fourth-order valence-corrected chi connectivity index (χ4v) is 1.17. The minimum absolute atomic E-state index is 0.294. The van der Waals surface area contributed by atoms with Crippen molar-refractivity contribution in [1.82, 2.24) is 0 Å². The number of rotatable bonds is 2. The molecule has 1 heteroatoms. The molecule has 0 saturated carbocycles. The summed E-state index contributed by atoms with van der Waals surface area (Å²) in [5, 5.41) is 0. The maximum Gasteiger partial charge on any atom is 0.118 e. The first-order valence-corrected chi connectivity index (χ1v) is 4.24. The quantitative estimate of drug-likeness (QED) is 0.591. The molecule has 1 aliphatic carbocycles. The lowest BCUT2D eigenvalue weighted by Gasteiger charge is -2.16. The summed E-state index contributed by atoms with van der Waals surface area (Å²) in [6.07, 6.45) is 6.99. The van der Waals surface area contributed by atoms with Crippen molar-refractivity contribution in [2.24, 2.45) is 0 Å². The Morgan fingerprint density at radius 3 is 2.45 bits per heavy atom. The van der Waals surface area contributed by atoms with Gasteiger partial charge in [-0.05, 0) is 45.3 Å². The van der Waals surface area contributed by atoms with Crippen LogP contribution < -0.4 is 0 Å². The molecule has 0 saturated heterocycles. The van der Waals surface area contributed by atoms with E-state index in [9.17, 15) is 0 Å². The first kappa shape index (κ1) is 8.38. The van der Waals surface area contributed by atoms with Crippen molar-refractivity contribution in [3.8, 4) is 0 Å². The average Bonchev–Trinajstić information content (AvgIpc) is 1.93. The van der Waals surface area contributed by atoms with Gasteiger partial charge in [-0.1, -0.05) is 6.08 Å². The normalized spacial score (nSPS) is 17.8. The standard InChI is InChI=1S/C10H16O/c1-8(2)11-10-7-5-4-6-9(10)3/h6-8H,4-5H2,1-3H3. The lowest BCUT2D eigenvalue weighted by atomic mass is 10.1. The van der Waals surface area contributed by atoms with Gasteiger partial charge in [0.15, 0.2) is 0 Å². The first-order chi connectivity index (χ1) is 5.20. The minimum Gasteiger partial charge on any atom is -0.491 e. The largest absolute Gasteiger partial charge is 0.491 e. The number of ether oxygens (including phenoxy) is 1. The fourth-order valence-electron chi connectivity index (χ4n) is 1.17. The summed E-state index contributed by atoms with van der Waals surface area (Å²) in [5.74, 6) is 1.08. The predicted octanol–water partition coefficient (Wildman–Crippen LogP) is 3.04. The maximum atomic E-state index is 5.60. The SMILES string of the molecule is CC1=CCCC=C1OC(C)C. The summed E-state index contributed by atoms with van der Waals surface area (Å²) in [7, 11) is 0. The summed E-state index contributed by atoms with van der Waals surface area (Å²) in [6, 6.07) is 0. The molecule has 0 spiro atoms. The zero-order chi connectivity index (χ0) is 8.27. The third-order valence-corrected chi connectivity index (χ3v) is 1.70. The molecular weight excluding hydrogens is 136 g/mol. The van der Waals surface area contributed by atoms with Gasteiger partial charge < -0.3 is 4.74 Å². The van der Waals surface area contributed by atoms with E-state index in [0.29, 0.717) is 6.10 Å². The second-order valence-electron chi connectivity index (χ2n) is 3.20. The lowest BCUT2D eigenvalue weighted by molar-refractivity contribution is 0.152. The Hall–Kier alpha value is -0.720. The summed E-state index contributed by atoms with van der Waals surface area (Å²) < 4.78 is 5.60. The highest BCUT2D eigenvalue weighted by atomic mass is 16.5. The van der Waals surface area contributed by atoms with Gasteiger partial charge in [0.2, 0.25) is 0 Å². The summed E-state index contributed by atoms with van der Waals surface area (Å²) in [4.78, 5) is 0. The Labute approximate surface area is 68.8 Å². The van der Waals surface area contributed by atoms with Crippen molar-refractivity contribution < 1.29 is 4.74 Å². The molecule has 0 aromatic carbocycles. The molecular formula is C10H16O. The molecule has 1 rings (SSSR count). The van der Waals surface area contributed by atoms with Gasteiger partial charge in [0.1, 0.15) is 5.76 Å². The fraction of sp³-hybridized carbons (Fsp3) is 0.600. The van der Waals surface area contributed by atoms with Crippen LogP contribution in [0.5, 0.6) is 0 Å². The Bertz CT molecular complexity index is 187. The molecule has 0 N–H and O–H groups in total. The topological polar surface area (TPSA) is 9.23 Å². The van der Waals surface area contributed by atoms with E-state index in [0.717, 1.165) is 18.6 Å². The Morgan fingerprint density at radius 1 is 1.27 bits per heavy atom. The van der Waals surface area contributed by atoms with Gasteiger partial charge >= 0.3 is 0 Å². The summed E-state index contributed by atoms with van der Waals surface area (Å²) in [6.45, 7) is 6.22. The molecule has 11 heavy (non-hydrogen) atoms. The number of hydrogen-bond acceptors (Lipinski definition) is 1. The van der Waals surface area contributed by atoms with Crippen LogP contribution in [0.1, 0.15) is 33.6 Å². The zero-order valence-electron chi connectivity index (χ0n) is 7.55. The van der Waals surface area contributed by atoms with Crippen LogP contribution in [0.4, 0.5) is 0 Å². The molecule has 1 aliphatic rings. The molecule has 0 radical (unpaired) electrons. The average molecular weight is 152 g/mol. The van der Waals surface area contributed by atoms with Crippen LogP contribution in [0.2, 0.25) is 0 Å². The van der Waals surface area contributed by atoms with Crippen LogP contribution in [-0.4, -0.2) is 6.10 Å². The molecule has 0 bridgehead atoms. The lowest BCUT2D eigenvalue weighted by Crippen LogP contribution is -2.04. The Morgan fingerprint density at radius 2 is 1.91 bits per heavy atom. The van der Waals surface area contributed by atoms with E-state index in [4.69, 9.17) is 4.74 Å². The van der Waals surface area contributed by atoms with E-state index in [-0.39, 0.29) is 0 Å². The molecule has 0 heterocycles. The van der Waals surface area contributed by atoms with Crippen molar-refractivity contribution in [3.05, 3.63) is 23.5 Å². The van der Waals surface area contributed by atoms with Crippen LogP contribution in [-0.2, 0) is 4.74 Å². The van der Waals surface area contributed by atoms with Crippen LogP contribution in [0.25, 0.3) is 0 Å². The zero-order valence-corrected chi connectivity index (χ0v) is 7.55. The van der Waals surface area contributed by atoms with E-state index in [1.807, 2.05) is 0 Å². The predicted molar refractivity (Wildman–Crippen MR) is 47.3 cm³/mol. The molecule has 0 aromatic rings. The third-order valence-electron chi connectivity index (χ3n) is 1.70. The minimum atomic E-state index is 0.294. The van der Waals surface area contributed by atoms with Gasteiger partial charge in [0.05, 0.1) is 6.10 Å². The van der Waals surface area contributed by atoms with Gasteiger partial charge in [-0.15, -0.1) is 0 Å². The highest BCUT2D eigenvalue weighted by Crippen LogP contribution is 2.20. The molecule has 0 aliphatic heterocycles. The summed E-state index contributed by atoms with van der Waals surface area (Å²) >= 11 is 0. The van der Waals surface area contributed by atoms with Gasteiger partial charge in [0.25, 0.3) is 0 Å². The monoisotopic (exact) mass is 152 g/mol. The third kappa shape index (κ3) is 2.41. The van der Waals surface area contributed by atoms with Crippen molar-refractivity contribution >= 4 is 0 Å². The van der Waals surface area contributed by atoms with E-state index in [1.165, 1.54) is 5.57 Å². The van der Waals surface area contributed by atoms with Crippen LogP contribution in [0, 0.1) is 0 Å². The molecule has 62 valence electrons. The molecule has 1 nitrogen and oxygen atoms in total. The van der Waals surface area contributed by atoms with Crippen LogP contribution in [0.3, 0.4) is 0 Å². The molecule has 0 fully saturated rings. The van der Waals surface area contributed by atoms with E-state index >= 15 is 0 Å². The molecule has 0 atom stereocenters. The second-order valence-corrected chi connectivity index (χ2v) is 3.20. The van der Waals surface area contributed by atoms with E-state index in [1.54, 1.807) is 0 Å². The Balaban J connectivity index is 2.56. The van der Waals surface area contributed by atoms with E-state index in [2.05, 4.69) is 32.9 Å². The van der Waals surface area contributed by atoms with Gasteiger partial charge in [-0.25, -0.2) is 0 Å². The number of allylic oxidation sites excluding steroid dienone is 3. The highest BCUT2D eigenvalue weighted by Gasteiger charge is 2.06. The molecule has 0 aromatic heterocycles. The van der Waals surface area contributed by atoms with Crippen LogP contribution >= 0.6 is 0 Å². The molecule has 0 unspecified atom stereocenters. The van der Waals surface area contributed by atoms with Crippen molar-refractivity contribution in [2.45, 2.75) is 39.7 Å². The van der Waals surface area contributed by atoms with Gasteiger partial charge in [-0.3, -0.25) is 0 Å². The van der Waals surface area contributed by atoms with Gasteiger partial charge in [-0.2, -0.15) is 0 Å². The van der Waals surface area contributed by atoms with Crippen molar-refractivity contribution in [1.29, 1.82) is 0 Å². The second kappa shape index (κ2) is 3.61.